The van der Waals surface area contributed by atoms with Crippen LogP contribution < -0.4 is 5.32 Å². The van der Waals surface area contributed by atoms with Crippen LogP contribution in [-0.2, 0) is 9.84 Å². The molecule has 0 spiro atoms. The molecule has 0 aromatic rings. The molecule has 0 radical (unpaired) electrons. The lowest BCUT2D eigenvalue weighted by atomic mass is 10.3. The number of sulfone groups is 1. The van der Waals surface area contributed by atoms with Crippen LogP contribution in [0.4, 0.5) is 0 Å². The molecule has 1 aliphatic rings. The minimum atomic E-state index is -2.74. The van der Waals surface area contributed by atoms with E-state index >= 15 is 0 Å². The molecule has 0 aromatic carbocycles. The van der Waals surface area contributed by atoms with Gasteiger partial charge in [-0.15, -0.1) is 12.4 Å². The second-order valence-electron chi connectivity index (χ2n) is 2.65. The summed E-state index contributed by atoms with van der Waals surface area (Å²) < 4.78 is 22.3. The van der Waals surface area contributed by atoms with Crippen LogP contribution in [0, 0.1) is 0 Å². The van der Waals surface area contributed by atoms with Crippen LogP contribution in [0.1, 0.15) is 13.3 Å². The summed E-state index contributed by atoms with van der Waals surface area (Å²) in [5.74, 6) is 0.347. The van der Waals surface area contributed by atoms with Crippen LogP contribution in [0.2, 0.25) is 0 Å². The second-order valence-corrected chi connectivity index (χ2v) is 5.05. The average Bonchev–Trinajstić information content (AvgIpc) is 1.56. The molecule has 1 aliphatic heterocycles. The fourth-order valence-electron chi connectivity index (χ4n) is 0.967. The fraction of sp³-hybridized carbons (Fsp3) is 1.00. The molecular weight excluding hydrogens is 186 g/mol. The van der Waals surface area contributed by atoms with Crippen molar-refractivity contribution < 1.29 is 8.42 Å². The van der Waals surface area contributed by atoms with Crippen LogP contribution in [0.15, 0.2) is 0 Å². The molecule has 5 heteroatoms. The summed E-state index contributed by atoms with van der Waals surface area (Å²) in [6.45, 7) is 3.20. The van der Waals surface area contributed by atoms with Gasteiger partial charge >= 0.3 is 0 Å². The van der Waals surface area contributed by atoms with Gasteiger partial charge in [0.25, 0.3) is 0 Å². The Morgan fingerprint density at radius 2 is 2.00 bits per heavy atom. The number of halogens is 1. The summed E-state index contributed by atoms with van der Waals surface area (Å²) in [5.41, 5.74) is 0. The molecule has 0 aromatic heterocycles. The molecule has 0 aliphatic carbocycles. The topological polar surface area (TPSA) is 46.2 Å². The van der Waals surface area contributed by atoms with Gasteiger partial charge in [-0.3, -0.25) is 0 Å². The van der Waals surface area contributed by atoms with Gasteiger partial charge in [0.05, 0.1) is 11.0 Å². The third kappa shape index (κ3) is 2.61. The van der Waals surface area contributed by atoms with Crippen molar-refractivity contribution >= 4 is 22.2 Å². The zero-order valence-corrected chi connectivity index (χ0v) is 8.17. The van der Waals surface area contributed by atoms with E-state index in [1.165, 1.54) is 0 Å². The molecule has 0 atom stereocenters. The Hall–Kier alpha value is 0.200. The molecule has 3 nitrogen and oxygen atoms in total. The van der Waals surface area contributed by atoms with E-state index in [9.17, 15) is 8.42 Å². The van der Waals surface area contributed by atoms with Crippen LogP contribution in [0.5, 0.6) is 0 Å². The molecule has 0 amide bonds. The predicted molar refractivity (Wildman–Crippen MR) is 48.0 cm³/mol. The molecule has 1 heterocycles. The molecule has 68 valence electrons. The van der Waals surface area contributed by atoms with Gasteiger partial charge in [0.2, 0.25) is 0 Å². The van der Waals surface area contributed by atoms with E-state index in [0.29, 0.717) is 18.8 Å². The summed E-state index contributed by atoms with van der Waals surface area (Å²) in [6, 6.07) is 0. The van der Waals surface area contributed by atoms with Crippen molar-refractivity contribution in [2.45, 2.75) is 18.6 Å². The summed E-state index contributed by atoms with van der Waals surface area (Å²) in [5, 5.41) is 2.86. The Balaban J connectivity index is 0.000001000. The third-order valence-electron chi connectivity index (χ3n) is 1.74. The maximum absolute atomic E-state index is 11.2. The van der Waals surface area contributed by atoms with Crippen LogP contribution in [0.3, 0.4) is 0 Å². The van der Waals surface area contributed by atoms with E-state index in [2.05, 4.69) is 5.32 Å². The molecule has 1 fully saturated rings. The quantitative estimate of drug-likeness (QED) is 0.707. The highest BCUT2D eigenvalue weighted by atomic mass is 35.5. The van der Waals surface area contributed by atoms with Crippen molar-refractivity contribution in [1.29, 1.82) is 0 Å². The van der Waals surface area contributed by atoms with Crippen molar-refractivity contribution in [2.75, 3.05) is 18.8 Å². The van der Waals surface area contributed by atoms with Crippen molar-refractivity contribution in [3.63, 3.8) is 0 Å². The first-order chi connectivity index (χ1) is 4.67. The second kappa shape index (κ2) is 4.28. The van der Waals surface area contributed by atoms with E-state index in [1.807, 2.05) is 6.92 Å². The molecule has 1 saturated heterocycles. The van der Waals surface area contributed by atoms with Gasteiger partial charge in [-0.1, -0.05) is 6.92 Å². The van der Waals surface area contributed by atoms with E-state index in [0.717, 1.165) is 6.42 Å². The predicted octanol–water partition coefficient (Wildman–Crippen LogP) is 0.205. The van der Waals surface area contributed by atoms with Crippen LogP contribution in [-0.4, -0.2) is 32.5 Å². The van der Waals surface area contributed by atoms with Crippen molar-refractivity contribution in [2.24, 2.45) is 0 Å². The highest BCUT2D eigenvalue weighted by molar-refractivity contribution is 7.92. The van der Waals surface area contributed by atoms with Gasteiger partial charge < -0.3 is 5.32 Å². The van der Waals surface area contributed by atoms with Crippen LogP contribution in [0.25, 0.3) is 0 Å². The molecule has 1 rings (SSSR count). The minimum absolute atomic E-state index is 0. The van der Waals surface area contributed by atoms with E-state index in [4.69, 9.17) is 0 Å². The summed E-state index contributed by atoms with van der Waals surface area (Å²) >= 11 is 0. The first-order valence-electron chi connectivity index (χ1n) is 3.59. The molecule has 0 saturated carbocycles. The zero-order valence-electron chi connectivity index (χ0n) is 6.54. The molecule has 0 bridgehead atoms. The number of hydrogen-bond acceptors (Lipinski definition) is 3. The maximum Gasteiger partial charge on any atom is 0.155 e. The SMILES string of the molecule is CCCS(=O)(=O)C1CNC1.Cl. The smallest absolute Gasteiger partial charge is 0.155 e. The first kappa shape index (κ1) is 11.2. The zero-order chi connectivity index (χ0) is 7.61. The molecule has 0 unspecified atom stereocenters. The summed E-state index contributed by atoms with van der Waals surface area (Å²) in [7, 11) is -2.74. The number of hydrogen-bond donors (Lipinski definition) is 1. The van der Waals surface area contributed by atoms with Gasteiger partial charge in [-0.05, 0) is 6.42 Å². The largest absolute Gasteiger partial charge is 0.314 e. The minimum Gasteiger partial charge on any atom is -0.314 e. The highest BCUT2D eigenvalue weighted by Crippen LogP contribution is 2.07. The van der Waals surface area contributed by atoms with Gasteiger partial charge in [0, 0.05) is 13.1 Å². The highest BCUT2D eigenvalue weighted by Gasteiger charge is 2.29. The Bertz CT molecular complexity index is 199. The fourth-order valence-corrected chi connectivity index (χ4v) is 2.61. The Labute approximate surface area is 73.9 Å². The summed E-state index contributed by atoms with van der Waals surface area (Å²) in [4.78, 5) is 0. The number of rotatable bonds is 3. The monoisotopic (exact) mass is 199 g/mol. The normalized spacial score (nSPS) is 18.6. The average molecular weight is 200 g/mol. The Kier molecular flexibility index (Phi) is 4.36. The lowest BCUT2D eigenvalue weighted by Crippen LogP contribution is -2.52. The lowest BCUT2D eigenvalue weighted by Gasteiger charge is -2.26. The lowest BCUT2D eigenvalue weighted by molar-refractivity contribution is 0.495. The van der Waals surface area contributed by atoms with Gasteiger partial charge in [0.15, 0.2) is 9.84 Å². The summed E-state index contributed by atoms with van der Waals surface area (Å²) in [6.07, 6.45) is 0.735. The third-order valence-corrected chi connectivity index (χ3v) is 4.07. The van der Waals surface area contributed by atoms with Crippen molar-refractivity contribution in [3.05, 3.63) is 0 Å². The van der Waals surface area contributed by atoms with Gasteiger partial charge in [-0.2, -0.15) is 0 Å². The van der Waals surface area contributed by atoms with Gasteiger partial charge in [-0.25, -0.2) is 8.42 Å². The maximum atomic E-state index is 11.2. The molecule has 1 N–H and O–H groups in total. The number of nitrogens with one attached hydrogen (secondary N) is 1. The van der Waals surface area contributed by atoms with E-state index in [-0.39, 0.29) is 17.7 Å². The standard InChI is InChI=1S/C6H13NO2S.ClH/c1-2-3-10(8,9)6-4-7-5-6;/h6-7H,2-5H2,1H3;1H. The van der Waals surface area contributed by atoms with Crippen molar-refractivity contribution in [1.82, 2.24) is 5.32 Å². The van der Waals surface area contributed by atoms with E-state index < -0.39 is 9.84 Å². The molecular formula is C6H14ClNO2S. The Morgan fingerprint density at radius 3 is 2.27 bits per heavy atom. The molecule has 11 heavy (non-hydrogen) atoms. The Morgan fingerprint density at radius 1 is 1.45 bits per heavy atom. The van der Waals surface area contributed by atoms with E-state index in [1.54, 1.807) is 0 Å². The van der Waals surface area contributed by atoms with Gasteiger partial charge in [0.1, 0.15) is 0 Å². The van der Waals surface area contributed by atoms with Crippen LogP contribution >= 0.6 is 12.4 Å². The first-order valence-corrected chi connectivity index (χ1v) is 5.30. The van der Waals surface area contributed by atoms with Crippen molar-refractivity contribution in [3.8, 4) is 0 Å².